The zero-order valence-electron chi connectivity index (χ0n) is 11.9. The van der Waals surface area contributed by atoms with Gasteiger partial charge in [0, 0.05) is 30.1 Å². The van der Waals surface area contributed by atoms with Crippen LogP contribution in [0.1, 0.15) is 46.5 Å². The summed E-state index contributed by atoms with van der Waals surface area (Å²) in [6.45, 7) is 11.9. The second-order valence-electron chi connectivity index (χ2n) is 5.14. The molecular formula is C14H30N2S. The lowest BCUT2D eigenvalue weighted by atomic mass is 10.1. The Kier molecular flexibility index (Phi) is 8.33. The van der Waals surface area contributed by atoms with E-state index in [4.69, 9.17) is 0 Å². The van der Waals surface area contributed by atoms with E-state index in [1.807, 2.05) is 0 Å². The van der Waals surface area contributed by atoms with Gasteiger partial charge in [0.25, 0.3) is 0 Å². The molecule has 0 saturated carbocycles. The summed E-state index contributed by atoms with van der Waals surface area (Å²) in [6, 6.07) is 0.772. The van der Waals surface area contributed by atoms with Crippen molar-refractivity contribution in [3.8, 4) is 0 Å². The zero-order valence-corrected chi connectivity index (χ0v) is 12.7. The fraction of sp³-hybridized carbons (Fsp3) is 1.00. The number of nitrogens with one attached hydrogen (secondary N) is 1. The first-order valence-electron chi connectivity index (χ1n) is 7.34. The molecule has 1 aliphatic rings. The highest BCUT2D eigenvalue weighted by molar-refractivity contribution is 8.00. The second-order valence-corrected chi connectivity index (χ2v) is 6.55. The quantitative estimate of drug-likeness (QED) is 0.674. The highest BCUT2D eigenvalue weighted by atomic mass is 32.2. The van der Waals surface area contributed by atoms with Crippen LogP contribution in [0.4, 0.5) is 0 Å². The van der Waals surface area contributed by atoms with E-state index < -0.39 is 0 Å². The van der Waals surface area contributed by atoms with Crippen LogP contribution in [0.3, 0.4) is 0 Å². The first-order chi connectivity index (χ1) is 8.27. The van der Waals surface area contributed by atoms with E-state index in [2.05, 4.69) is 42.7 Å². The fourth-order valence-electron chi connectivity index (χ4n) is 2.40. The Hall–Kier alpha value is 0.270. The van der Waals surface area contributed by atoms with Crippen LogP contribution in [0.15, 0.2) is 0 Å². The van der Waals surface area contributed by atoms with Crippen LogP contribution in [-0.4, -0.2) is 48.1 Å². The predicted octanol–water partition coefficient (Wildman–Crippen LogP) is 2.98. The summed E-state index contributed by atoms with van der Waals surface area (Å²) >= 11 is 2.17. The maximum Gasteiger partial charge on any atom is 0.0172 e. The van der Waals surface area contributed by atoms with Crippen molar-refractivity contribution in [2.24, 2.45) is 0 Å². The van der Waals surface area contributed by atoms with Crippen molar-refractivity contribution >= 4 is 11.8 Å². The van der Waals surface area contributed by atoms with Gasteiger partial charge >= 0.3 is 0 Å². The Morgan fingerprint density at radius 2 is 2.18 bits per heavy atom. The van der Waals surface area contributed by atoms with Gasteiger partial charge in [-0.3, -0.25) is 4.90 Å². The van der Waals surface area contributed by atoms with Gasteiger partial charge in [-0.2, -0.15) is 11.8 Å². The monoisotopic (exact) mass is 258 g/mol. The average molecular weight is 258 g/mol. The van der Waals surface area contributed by atoms with Crippen LogP contribution in [0.5, 0.6) is 0 Å². The highest BCUT2D eigenvalue weighted by Crippen LogP contribution is 2.23. The van der Waals surface area contributed by atoms with Gasteiger partial charge in [-0.25, -0.2) is 0 Å². The summed E-state index contributed by atoms with van der Waals surface area (Å²) in [6.07, 6.45) is 5.24. The summed E-state index contributed by atoms with van der Waals surface area (Å²) in [7, 11) is 0. The molecule has 2 atom stereocenters. The first-order valence-corrected chi connectivity index (χ1v) is 8.39. The van der Waals surface area contributed by atoms with E-state index in [1.165, 1.54) is 57.6 Å². The lowest BCUT2D eigenvalue weighted by Gasteiger charge is -2.36. The molecule has 1 heterocycles. The van der Waals surface area contributed by atoms with Gasteiger partial charge in [0.2, 0.25) is 0 Å². The molecular weight excluding hydrogens is 228 g/mol. The molecule has 3 heteroatoms. The maximum atomic E-state index is 3.49. The molecule has 1 N–H and O–H groups in total. The Morgan fingerprint density at radius 1 is 1.35 bits per heavy atom. The lowest BCUT2D eigenvalue weighted by molar-refractivity contribution is 0.202. The van der Waals surface area contributed by atoms with Gasteiger partial charge < -0.3 is 5.32 Å². The van der Waals surface area contributed by atoms with Crippen molar-refractivity contribution in [2.45, 2.75) is 57.7 Å². The van der Waals surface area contributed by atoms with E-state index in [0.29, 0.717) is 0 Å². The largest absolute Gasteiger partial charge is 0.317 e. The van der Waals surface area contributed by atoms with E-state index in [1.54, 1.807) is 0 Å². The minimum absolute atomic E-state index is 0.772. The lowest BCUT2D eigenvalue weighted by Crippen LogP contribution is -2.43. The molecule has 0 aromatic rings. The third kappa shape index (κ3) is 6.12. The van der Waals surface area contributed by atoms with Crippen molar-refractivity contribution in [1.29, 1.82) is 0 Å². The minimum Gasteiger partial charge on any atom is -0.317 e. The van der Waals surface area contributed by atoms with Crippen LogP contribution in [0, 0.1) is 0 Å². The van der Waals surface area contributed by atoms with Crippen molar-refractivity contribution in [3.63, 3.8) is 0 Å². The van der Waals surface area contributed by atoms with Gasteiger partial charge in [0.1, 0.15) is 0 Å². The highest BCUT2D eigenvalue weighted by Gasteiger charge is 2.22. The molecule has 102 valence electrons. The molecule has 1 rings (SSSR count). The van der Waals surface area contributed by atoms with Crippen LogP contribution in [0.25, 0.3) is 0 Å². The number of rotatable bonds is 8. The number of thioether (sulfide) groups is 1. The molecule has 0 aliphatic carbocycles. The Balaban J connectivity index is 2.11. The van der Waals surface area contributed by atoms with Gasteiger partial charge in [-0.05, 0) is 45.7 Å². The molecule has 17 heavy (non-hydrogen) atoms. The SMILES string of the molecule is CCCNCCCC(C)N1CCSC(CC)C1. The third-order valence-electron chi connectivity index (χ3n) is 3.65. The standard InChI is InChI=1S/C14H30N2S/c1-4-8-15-9-6-7-13(3)16-10-11-17-14(5-2)12-16/h13-15H,4-12H2,1-3H3. The topological polar surface area (TPSA) is 15.3 Å². The van der Waals surface area contributed by atoms with Crippen molar-refractivity contribution in [3.05, 3.63) is 0 Å². The third-order valence-corrected chi connectivity index (χ3v) is 5.02. The van der Waals surface area contributed by atoms with E-state index in [-0.39, 0.29) is 0 Å². The van der Waals surface area contributed by atoms with Crippen LogP contribution < -0.4 is 5.32 Å². The maximum absolute atomic E-state index is 3.49. The van der Waals surface area contributed by atoms with Crippen LogP contribution in [-0.2, 0) is 0 Å². The molecule has 2 nitrogen and oxygen atoms in total. The van der Waals surface area contributed by atoms with Gasteiger partial charge in [0.15, 0.2) is 0 Å². The Bertz CT molecular complexity index is 187. The van der Waals surface area contributed by atoms with Gasteiger partial charge in [-0.1, -0.05) is 13.8 Å². The molecule has 0 aromatic heterocycles. The first kappa shape index (κ1) is 15.3. The summed E-state index contributed by atoms with van der Waals surface area (Å²) in [5, 5.41) is 4.37. The molecule has 0 radical (unpaired) electrons. The second kappa shape index (κ2) is 9.23. The number of hydrogen-bond acceptors (Lipinski definition) is 3. The van der Waals surface area contributed by atoms with E-state index in [0.717, 1.165) is 11.3 Å². The van der Waals surface area contributed by atoms with Crippen LogP contribution >= 0.6 is 11.8 Å². The summed E-state index contributed by atoms with van der Waals surface area (Å²) in [5.41, 5.74) is 0. The summed E-state index contributed by atoms with van der Waals surface area (Å²) in [5.74, 6) is 1.33. The number of hydrogen-bond donors (Lipinski definition) is 1. The van der Waals surface area contributed by atoms with Gasteiger partial charge in [-0.15, -0.1) is 0 Å². The summed E-state index contributed by atoms with van der Waals surface area (Å²) < 4.78 is 0. The smallest absolute Gasteiger partial charge is 0.0172 e. The van der Waals surface area contributed by atoms with Crippen molar-refractivity contribution in [1.82, 2.24) is 10.2 Å². The Labute approximate surface area is 112 Å². The normalized spacial score (nSPS) is 23.8. The molecule has 0 aromatic carbocycles. The predicted molar refractivity (Wildman–Crippen MR) is 80.0 cm³/mol. The van der Waals surface area contributed by atoms with Crippen LogP contribution in [0.2, 0.25) is 0 Å². The van der Waals surface area contributed by atoms with Crippen molar-refractivity contribution < 1.29 is 0 Å². The molecule has 1 fully saturated rings. The number of nitrogens with zero attached hydrogens (tertiary/aromatic N) is 1. The molecule has 2 unspecified atom stereocenters. The molecule has 0 spiro atoms. The molecule has 1 aliphatic heterocycles. The zero-order chi connectivity index (χ0) is 12.5. The van der Waals surface area contributed by atoms with Crippen molar-refractivity contribution in [2.75, 3.05) is 31.9 Å². The molecule has 0 amide bonds. The molecule has 1 saturated heterocycles. The van der Waals surface area contributed by atoms with E-state index >= 15 is 0 Å². The fourth-order valence-corrected chi connectivity index (χ4v) is 3.60. The summed E-state index contributed by atoms with van der Waals surface area (Å²) in [4.78, 5) is 2.70. The minimum atomic E-state index is 0.772. The van der Waals surface area contributed by atoms with Gasteiger partial charge in [0.05, 0.1) is 0 Å². The molecule has 0 bridgehead atoms. The Morgan fingerprint density at radius 3 is 2.88 bits per heavy atom. The van der Waals surface area contributed by atoms with E-state index in [9.17, 15) is 0 Å². The average Bonchev–Trinajstić information content (AvgIpc) is 2.38.